The summed E-state index contributed by atoms with van der Waals surface area (Å²) in [5.41, 5.74) is 0.337. The first-order chi connectivity index (χ1) is 8.60. The number of rotatable bonds is 3. The van der Waals surface area contributed by atoms with Crippen molar-refractivity contribution in [3.8, 4) is 6.07 Å². The van der Waals surface area contributed by atoms with Gasteiger partial charge in [-0.15, -0.1) is 11.3 Å². The number of hydrogen-bond acceptors (Lipinski definition) is 3. The van der Waals surface area contributed by atoms with E-state index in [2.05, 4.69) is 22.8 Å². The molecule has 2 unspecified atom stereocenters. The molecule has 4 heteroatoms. The first kappa shape index (κ1) is 13.1. The van der Waals surface area contributed by atoms with Crippen molar-refractivity contribution in [2.45, 2.75) is 45.6 Å². The van der Waals surface area contributed by atoms with Gasteiger partial charge in [0.05, 0.1) is 12.1 Å². The molecule has 1 N–H and O–H groups in total. The number of nitrogens with zero attached hydrogens (tertiary/aromatic N) is 1. The van der Waals surface area contributed by atoms with E-state index < -0.39 is 5.41 Å². The van der Waals surface area contributed by atoms with Gasteiger partial charge in [0.1, 0.15) is 5.41 Å². The van der Waals surface area contributed by atoms with Gasteiger partial charge in [0.15, 0.2) is 0 Å². The number of carbonyl (C=O) groups excluding carboxylic acids is 1. The first-order valence-corrected chi connectivity index (χ1v) is 7.27. The number of fused-ring (bicyclic) bond motifs is 1. The van der Waals surface area contributed by atoms with Crippen LogP contribution in [0.3, 0.4) is 0 Å². The van der Waals surface area contributed by atoms with Gasteiger partial charge in [-0.05, 0) is 49.6 Å². The van der Waals surface area contributed by atoms with Gasteiger partial charge in [0, 0.05) is 4.88 Å². The SMILES string of the molecule is CCC(C)(C#N)C(=O)NC1CCCc2sccc21. The van der Waals surface area contributed by atoms with Crippen LogP contribution in [-0.2, 0) is 11.2 Å². The van der Waals surface area contributed by atoms with Crippen molar-refractivity contribution in [2.75, 3.05) is 0 Å². The summed E-state index contributed by atoms with van der Waals surface area (Å²) >= 11 is 1.76. The van der Waals surface area contributed by atoms with E-state index in [1.807, 2.05) is 6.92 Å². The summed E-state index contributed by atoms with van der Waals surface area (Å²) in [5.74, 6) is -0.142. The second-order valence-corrected chi connectivity index (χ2v) is 6.02. The third-order valence-corrected chi connectivity index (χ3v) is 4.81. The first-order valence-electron chi connectivity index (χ1n) is 6.39. The van der Waals surface area contributed by atoms with Crippen LogP contribution in [-0.4, -0.2) is 5.91 Å². The van der Waals surface area contributed by atoms with E-state index in [9.17, 15) is 4.79 Å². The van der Waals surface area contributed by atoms with Gasteiger partial charge in [-0.25, -0.2) is 0 Å². The quantitative estimate of drug-likeness (QED) is 0.909. The minimum atomic E-state index is -0.909. The summed E-state index contributed by atoms with van der Waals surface area (Å²) in [6, 6.07) is 4.31. The monoisotopic (exact) mass is 262 g/mol. The van der Waals surface area contributed by atoms with Crippen LogP contribution >= 0.6 is 11.3 Å². The Morgan fingerprint density at radius 3 is 3.17 bits per heavy atom. The molecule has 1 aromatic heterocycles. The molecule has 0 fully saturated rings. The van der Waals surface area contributed by atoms with Crippen molar-refractivity contribution in [2.24, 2.45) is 5.41 Å². The molecule has 1 amide bonds. The van der Waals surface area contributed by atoms with E-state index in [1.165, 1.54) is 10.4 Å². The molecule has 3 nitrogen and oxygen atoms in total. The van der Waals surface area contributed by atoms with Crippen LogP contribution in [0.4, 0.5) is 0 Å². The molecule has 1 heterocycles. The lowest BCUT2D eigenvalue weighted by atomic mass is 9.86. The average molecular weight is 262 g/mol. The largest absolute Gasteiger partial charge is 0.348 e. The Balaban J connectivity index is 2.13. The number of aryl methyl sites for hydroxylation is 1. The van der Waals surface area contributed by atoms with Crippen molar-refractivity contribution < 1.29 is 4.79 Å². The van der Waals surface area contributed by atoms with Crippen LogP contribution < -0.4 is 5.32 Å². The zero-order chi connectivity index (χ0) is 13.2. The van der Waals surface area contributed by atoms with Gasteiger partial charge in [-0.1, -0.05) is 6.92 Å². The topological polar surface area (TPSA) is 52.9 Å². The number of amides is 1. The Morgan fingerprint density at radius 2 is 2.50 bits per heavy atom. The lowest BCUT2D eigenvalue weighted by molar-refractivity contribution is -0.128. The predicted octanol–water partition coefficient (Wildman–Crippen LogP) is 3.18. The lowest BCUT2D eigenvalue weighted by Crippen LogP contribution is -2.40. The number of thiophene rings is 1. The fraction of sp³-hybridized carbons (Fsp3) is 0.571. The van der Waals surface area contributed by atoms with Crippen LogP contribution in [0.1, 0.15) is 49.6 Å². The van der Waals surface area contributed by atoms with E-state index in [1.54, 1.807) is 18.3 Å². The number of nitriles is 1. The molecular weight excluding hydrogens is 244 g/mol. The molecule has 18 heavy (non-hydrogen) atoms. The lowest BCUT2D eigenvalue weighted by Gasteiger charge is -2.27. The molecular formula is C14H18N2OS. The van der Waals surface area contributed by atoms with Crippen LogP contribution in [0.2, 0.25) is 0 Å². The molecule has 0 saturated carbocycles. The summed E-state index contributed by atoms with van der Waals surface area (Å²) in [7, 11) is 0. The van der Waals surface area contributed by atoms with E-state index in [0.717, 1.165) is 19.3 Å². The minimum absolute atomic E-state index is 0.0896. The molecule has 0 radical (unpaired) electrons. The Hall–Kier alpha value is -1.34. The molecule has 0 bridgehead atoms. The van der Waals surface area contributed by atoms with Crippen LogP contribution in [0.25, 0.3) is 0 Å². The van der Waals surface area contributed by atoms with Crippen LogP contribution in [0.15, 0.2) is 11.4 Å². The molecule has 0 spiro atoms. The van der Waals surface area contributed by atoms with Gasteiger partial charge in [-0.3, -0.25) is 4.79 Å². The zero-order valence-electron chi connectivity index (χ0n) is 10.8. The van der Waals surface area contributed by atoms with Crippen molar-refractivity contribution in [1.82, 2.24) is 5.32 Å². The summed E-state index contributed by atoms with van der Waals surface area (Å²) in [5, 5.41) is 14.3. The summed E-state index contributed by atoms with van der Waals surface area (Å²) in [6.07, 6.45) is 3.73. The molecule has 1 aliphatic carbocycles. The Bertz CT molecular complexity index is 488. The standard InChI is InChI=1S/C14H18N2OS/c1-3-14(2,9-15)13(17)16-11-5-4-6-12-10(11)7-8-18-12/h7-8,11H,3-6H2,1-2H3,(H,16,17). The molecule has 1 aromatic rings. The third kappa shape index (κ3) is 2.28. The van der Waals surface area contributed by atoms with E-state index in [4.69, 9.17) is 5.26 Å². The Morgan fingerprint density at radius 1 is 1.72 bits per heavy atom. The molecule has 0 saturated heterocycles. The highest BCUT2D eigenvalue weighted by Crippen LogP contribution is 2.34. The van der Waals surface area contributed by atoms with Gasteiger partial charge < -0.3 is 5.32 Å². The van der Waals surface area contributed by atoms with Crippen molar-refractivity contribution in [3.63, 3.8) is 0 Å². The number of nitrogens with one attached hydrogen (secondary N) is 1. The van der Waals surface area contributed by atoms with Gasteiger partial charge in [0.2, 0.25) is 5.91 Å². The highest BCUT2D eigenvalue weighted by atomic mass is 32.1. The van der Waals surface area contributed by atoms with Crippen LogP contribution in [0.5, 0.6) is 0 Å². The fourth-order valence-corrected chi connectivity index (χ4v) is 3.23. The Kier molecular flexibility index (Phi) is 3.72. The van der Waals surface area contributed by atoms with E-state index in [0.29, 0.717) is 6.42 Å². The zero-order valence-corrected chi connectivity index (χ0v) is 11.6. The highest BCUT2D eigenvalue weighted by molar-refractivity contribution is 7.10. The maximum atomic E-state index is 12.2. The molecule has 0 aromatic carbocycles. The van der Waals surface area contributed by atoms with Gasteiger partial charge >= 0.3 is 0 Å². The average Bonchev–Trinajstić information content (AvgIpc) is 2.87. The maximum Gasteiger partial charge on any atom is 0.240 e. The highest BCUT2D eigenvalue weighted by Gasteiger charge is 2.34. The number of hydrogen-bond donors (Lipinski definition) is 1. The Labute approximate surface area is 112 Å². The summed E-state index contributed by atoms with van der Waals surface area (Å²) in [4.78, 5) is 13.6. The van der Waals surface area contributed by atoms with Crippen molar-refractivity contribution in [3.05, 3.63) is 21.9 Å². The van der Waals surface area contributed by atoms with Gasteiger partial charge in [-0.2, -0.15) is 5.26 Å². The molecule has 2 rings (SSSR count). The second-order valence-electron chi connectivity index (χ2n) is 5.01. The fourth-order valence-electron chi connectivity index (χ4n) is 2.24. The molecule has 1 aliphatic rings. The van der Waals surface area contributed by atoms with Crippen LogP contribution in [0, 0.1) is 16.7 Å². The van der Waals surface area contributed by atoms with E-state index in [-0.39, 0.29) is 11.9 Å². The molecule has 2 atom stereocenters. The predicted molar refractivity (Wildman–Crippen MR) is 72.2 cm³/mol. The maximum absolute atomic E-state index is 12.2. The second kappa shape index (κ2) is 5.11. The van der Waals surface area contributed by atoms with E-state index >= 15 is 0 Å². The smallest absolute Gasteiger partial charge is 0.240 e. The van der Waals surface area contributed by atoms with Gasteiger partial charge in [0.25, 0.3) is 0 Å². The summed E-state index contributed by atoms with van der Waals surface area (Å²) < 4.78 is 0. The third-order valence-electron chi connectivity index (χ3n) is 3.81. The summed E-state index contributed by atoms with van der Waals surface area (Å²) in [6.45, 7) is 3.58. The van der Waals surface area contributed by atoms with Crippen molar-refractivity contribution >= 4 is 17.2 Å². The molecule has 0 aliphatic heterocycles. The minimum Gasteiger partial charge on any atom is -0.348 e. The number of carbonyl (C=O) groups is 1. The van der Waals surface area contributed by atoms with Crippen molar-refractivity contribution in [1.29, 1.82) is 5.26 Å². The normalized spacial score (nSPS) is 21.5. The molecule has 96 valence electrons.